The fourth-order valence-corrected chi connectivity index (χ4v) is 4.56. The first kappa shape index (κ1) is 26.0. The lowest BCUT2D eigenvalue weighted by molar-refractivity contribution is -0.140. The molecule has 0 heterocycles. The van der Waals surface area contributed by atoms with Crippen LogP contribution in [0, 0.1) is 6.92 Å². The summed E-state index contributed by atoms with van der Waals surface area (Å²) in [5, 5.41) is 2.76. The van der Waals surface area contributed by atoms with Crippen molar-refractivity contribution in [2.24, 2.45) is 0 Å². The van der Waals surface area contributed by atoms with Gasteiger partial charge >= 0.3 is 0 Å². The molecule has 0 fully saturated rings. The Hall–Kier alpha value is -2.29. The topological polar surface area (TPSA) is 86.8 Å². The van der Waals surface area contributed by atoms with Crippen molar-refractivity contribution in [2.75, 3.05) is 24.2 Å². The van der Waals surface area contributed by atoms with Gasteiger partial charge in [0.15, 0.2) is 0 Å². The van der Waals surface area contributed by atoms with Crippen LogP contribution in [0.3, 0.4) is 0 Å². The molecule has 174 valence electrons. The second-order valence-corrected chi connectivity index (χ2v) is 10.1. The number of amides is 2. The lowest BCUT2D eigenvalue weighted by Gasteiger charge is -2.32. The molecule has 32 heavy (non-hydrogen) atoms. The van der Waals surface area contributed by atoms with Crippen LogP contribution >= 0.6 is 23.2 Å². The van der Waals surface area contributed by atoms with Crippen LogP contribution in [0.5, 0.6) is 0 Å². The Balaban J connectivity index is 2.46. The number of hydrogen-bond acceptors (Lipinski definition) is 4. The summed E-state index contributed by atoms with van der Waals surface area (Å²) < 4.78 is 26.0. The molecule has 7 nitrogen and oxygen atoms in total. The predicted molar refractivity (Wildman–Crippen MR) is 129 cm³/mol. The van der Waals surface area contributed by atoms with Gasteiger partial charge in [-0.3, -0.25) is 13.9 Å². The van der Waals surface area contributed by atoms with E-state index >= 15 is 0 Å². The molecule has 0 saturated carbocycles. The molecule has 1 unspecified atom stereocenters. The zero-order valence-corrected chi connectivity index (χ0v) is 20.8. The molecule has 0 bridgehead atoms. The highest BCUT2D eigenvalue weighted by atomic mass is 35.5. The Morgan fingerprint density at radius 2 is 1.72 bits per heavy atom. The summed E-state index contributed by atoms with van der Waals surface area (Å²) in [4.78, 5) is 27.3. The van der Waals surface area contributed by atoms with Gasteiger partial charge in [-0.15, -0.1) is 0 Å². The van der Waals surface area contributed by atoms with Gasteiger partial charge in [-0.1, -0.05) is 66.0 Å². The molecule has 0 aliphatic carbocycles. The van der Waals surface area contributed by atoms with Crippen molar-refractivity contribution in [3.8, 4) is 0 Å². The lowest BCUT2D eigenvalue weighted by atomic mass is 10.1. The van der Waals surface area contributed by atoms with Crippen LogP contribution in [0.25, 0.3) is 0 Å². The van der Waals surface area contributed by atoms with Gasteiger partial charge in [0.05, 0.1) is 22.0 Å². The van der Waals surface area contributed by atoms with E-state index in [2.05, 4.69) is 5.32 Å². The first-order valence-electron chi connectivity index (χ1n) is 9.97. The predicted octanol–water partition coefficient (Wildman–Crippen LogP) is 3.62. The summed E-state index contributed by atoms with van der Waals surface area (Å²) in [6.07, 6.45) is 1.34. The van der Waals surface area contributed by atoms with E-state index in [4.69, 9.17) is 23.2 Å². The Bertz CT molecular complexity index is 1080. The largest absolute Gasteiger partial charge is 0.357 e. The number of sulfonamides is 1. The Kier molecular flexibility index (Phi) is 8.95. The van der Waals surface area contributed by atoms with Gasteiger partial charge in [0.25, 0.3) is 0 Å². The smallest absolute Gasteiger partial charge is 0.244 e. The van der Waals surface area contributed by atoms with Crippen molar-refractivity contribution < 1.29 is 18.0 Å². The fourth-order valence-electron chi connectivity index (χ4n) is 3.26. The van der Waals surface area contributed by atoms with Crippen molar-refractivity contribution in [1.82, 2.24) is 10.2 Å². The number of rotatable bonds is 9. The number of benzene rings is 2. The number of anilines is 1. The highest BCUT2D eigenvalue weighted by Gasteiger charge is 2.32. The molecule has 0 radical (unpaired) electrons. The maximum atomic E-state index is 13.4. The van der Waals surface area contributed by atoms with Crippen LogP contribution in [0.15, 0.2) is 42.5 Å². The Morgan fingerprint density at radius 3 is 2.25 bits per heavy atom. The van der Waals surface area contributed by atoms with Crippen LogP contribution in [0.4, 0.5) is 5.69 Å². The quantitative estimate of drug-likeness (QED) is 0.570. The maximum absolute atomic E-state index is 13.4. The van der Waals surface area contributed by atoms with Gasteiger partial charge in [0, 0.05) is 13.6 Å². The SMILES string of the molecule is CCC(C(=O)NC)N(Cc1ccc(C)cc1)C(=O)CN(c1cccc(Cl)c1Cl)S(C)(=O)=O. The van der Waals surface area contributed by atoms with E-state index in [1.54, 1.807) is 13.0 Å². The van der Waals surface area contributed by atoms with Crippen molar-refractivity contribution >= 4 is 50.7 Å². The highest BCUT2D eigenvalue weighted by Crippen LogP contribution is 2.33. The zero-order chi connectivity index (χ0) is 24.1. The normalized spacial score (nSPS) is 12.2. The molecule has 0 aliphatic heterocycles. The third kappa shape index (κ3) is 6.37. The van der Waals surface area contributed by atoms with Crippen molar-refractivity contribution in [1.29, 1.82) is 0 Å². The number of halogens is 2. The zero-order valence-electron chi connectivity index (χ0n) is 18.4. The van der Waals surface area contributed by atoms with E-state index in [-0.39, 0.29) is 28.2 Å². The fraction of sp³-hybridized carbons (Fsp3) is 0.364. The summed E-state index contributed by atoms with van der Waals surface area (Å²) in [6.45, 7) is 3.35. The van der Waals surface area contributed by atoms with Gasteiger partial charge < -0.3 is 10.2 Å². The lowest BCUT2D eigenvalue weighted by Crippen LogP contribution is -2.51. The summed E-state index contributed by atoms with van der Waals surface area (Å²) in [5.41, 5.74) is 1.97. The first-order chi connectivity index (χ1) is 15.0. The standard InChI is InChI=1S/C22H27Cl2N3O4S/c1-5-18(22(29)25-3)26(13-16-11-9-15(2)10-12-16)20(28)14-27(32(4,30)31)19-8-6-7-17(23)21(19)24/h6-12,18H,5,13-14H2,1-4H3,(H,25,29). The van der Waals surface area contributed by atoms with Crippen LogP contribution in [0.1, 0.15) is 24.5 Å². The van der Waals surface area contributed by atoms with E-state index in [1.165, 1.54) is 24.1 Å². The molecular weight excluding hydrogens is 473 g/mol. The Morgan fingerprint density at radius 1 is 1.09 bits per heavy atom. The van der Waals surface area contributed by atoms with Gasteiger partial charge in [-0.2, -0.15) is 0 Å². The molecule has 2 aromatic rings. The summed E-state index contributed by atoms with van der Waals surface area (Å²) >= 11 is 12.3. The van der Waals surface area contributed by atoms with Gasteiger partial charge in [-0.05, 0) is 31.0 Å². The molecule has 0 spiro atoms. The molecule has 10 heteroatoms. The number of aryl methyl sites for hydroxylation is 1. The molecule has 1 atom stereocenters. The molecule has 2 rings (SSSR count). The van der Waals surface area contributed by atoms with E-state index in [0.29, 0.717) is 6.42 Å². The first-order valence-corrected chi connectivity index (χ1v) is 12.6. The number of likely N-dealkylation sites (N-methyl/N-ethyl adjacent to an activating group) is 1. The second-order valence-electron chi connectivity index (χ2n) is 7.39. The molecule has 2 amide bonds. The molecule has 0 saturated heterocycles. The van der Waals surface area contributed by atoms with E-state index in [9.17, 15) is 18.0 Å². The average molecular weight is 500 g/mol. The van der Waals surface area contributed by atoms with Crippen molar-refractivity contribution in [3.63, 3.8) is 0 Å². The number of carbonyl (C=O) groups excluding carboxylic acids is 2. The molecule has 0 aromatic heterocycles. The van der Waals surface area contributed by atoms with E-state index < -0.39 is 28.5 Å². The van der Waals surface area contributed by atoms with Gasteiger partial charge in [-0.25, -0.2) is 8.42 Å². The maximum Gasteiger partial charge on any atom is 0.244 e. The van der Waals surface area contributed by atoms with Gasteiger partial charge in [0.1, 0.15) is 12.6 Å². The minimum atomic E-state index is -3.88. The minimum Gasteiger partial charge on any atom is -0.357 e. The third-order valence-corrected chi connectivity index (χ3v) is 6.92. The number of nitrogens with zero attached hydrogens (tertiary/aromatic N) is 2. The number of hydrogen-bond donors (Lipinski definition) is 1. The van der Waals surface area contributed by atoms with Crippen LogP contribution in [-0.2, 0) is 26.2 Å². The monoisotopic (exact) mass is 499 g/mol. The van der Waals surface area contributed by atoms with E-state index in [1.807, 2.05) is 31.2 Å². The summed E-state index contributed by atoms with van der Waals surface area (Å²) in [5.74, 6) is -0.873. The van der Waals surface area contributed by atoms with Crippen molar-refractivity contribution in [2.45, 2.75) is 32.9 Å². The van der Waals surface area contributed by atoms with Crippen LogP contribution < -0.4 is 9.62 Å². The Labute approximate surface area is 199 Å². The number of carbonyl (C=O) groups is 2. The second kappa shape index (κ2) is 11.0. The third-order valence-electron chi connectivity index (χ3n) is 4.98. The highest BCUT2D eigenvalue weighted by molar-refractivity contribution is 7.92. The van der Waals surface area contributed by atoms with Crippen LogP contribution in [-0.4, -0.2) is 51.0 Å². The summed E-state index contributed by atoms with van der Waals surface area (Å²) in [6, 6.07) is 11.3. The molecule has 1 N–H and O–H groups in total. The van der Waals surface area contributed by atoms with Crippen LogP contribution in [0.2, 0.25) is 10.0 Å². The van der Waals surface area contributed by atoms with E-state index in [0.717, 1.165) is 21.7 Å². The molecule has 0 aliphatic rings. The average Bonchev–Trinajstić information content (AvgIpc) is 2.74. The van der Waals surface area contributed by atoms with Crippen molar-refractivity contribution in [3.05, 3.63) is 63.6 Å². The summed E-state index contributed by atoms with van der Waals surface area (Å²) in [7, 11) is -2.39. The number of nitrogens with one attached hydrogen (secondary N) is 1. The van der Waals surface area contributed by atoms with Gasteiger partial charge in [0.2, 0.25) is 21.8 Å². The molecular formula is C22H27Cl2N3O4S. The minimum absolute atomic E-state index is 0.0239. The molecule has 2 aromatic carbocycles.